The van der Waals surface area contributed by atoms with E-state index in [1.165, 1.54) is 25.7 Å². The van der Waals surface area contributed by atoms with Crippen LogP contribution in [0.2, 0.25) is 0 Å². The lowest BCUT2D eigenvalue weighted by molar-refractivity contribution is -0.135. The van der Waals surface area contributed by atoms with Gasteiger partial charge in [-0.1, -0.05) is 19.3 Å². The first-order valence-electron chi connectivity index (χ1n) is 8.78. The molecule has 132 valence electrons. The molecule has 2 aliphatic rings. The molecule has 1 aromatic rings. The number of carbonyl (C=O) groups excluding carboxylic acids is 1. The number of carbonyl (C=O) groups is 1. The molecule has 2 heterocycles. The van der Waals surface area contributed by atoms with Gasteiger partial charge in [-0.3, -0.25) is 4.79 Å². The van der Waals surface area contributed by atoms with Crippen LogP contribution in [0, 0.1) is 23.2 Å². The van der Waals surface area contributed by atoms with E-state index in [-0.39, 0.29) is 18.3 Å². The molecule has 0 bridgehead atoms. The summed E-state index contributed by atoms with van der Waals surface area (Å²) in [5.41, 5.74) is 6.75. The van der Waals surface area contributed by atoms with E-state index < -0.39 is 6.04 Å². The molecule has 2 fully saturated rings. The number of nitrogens with two attached hydrogens (primary N) is 1. The molecule has 1 aliphatic carbocycles. The summed E-state index contributed by atoms with van der Waals surface area (Å²) in [5, 5.41) is 9.02. The Morgan fingerprint density at radius 1 is 1.33 bits per heavy atom. The van der Waals surface area contributed by atoms with Crippen molar-refractivity contribution in [1.82, 2.24) is 9.47 Å². The molecular formula is C18H27ClN4O. The first kappa shape index (κ1) is 18.8. The van der Waals surface area contributed by atoms with Crippen LogP contribution in [-0.4, -0.2) is 34.5 Å². The van der Waals surface area contributed by atoms with Gasteiger partial charge in [0.05, 0.1) is 6.04 Å². The van der Waals surface area contributed by atoms with Crippen molar-refractivity contribution in [3.63, 3.8) is 0 Å². The first-order chi connectivity index (χ1) is 11.2. The van der Waals surface area contributed by atoms with Crippen LogP contribution in [0.5, 0.6) is 0 Å². The minimum Gasteiger partial charge on any atom is -0.341 e. The van der Waals surface area contributed by atoms with Crippen LogP contribution in [0.4, 0.5) is 0 Å². The number of piperidine rings is 1. The molecule has 0 radical (unpaired) electrons. The second-order valence-electron chi connectivity index (χ2n) is 6.97. The molecule has 1 unspecified atom stereocenters. The van der Waals surface area contributed by atoms with Crippen LogP contribution in [0.1, 0.15) is 44.2 Å². The fourth-order valence-electron chi connectivity index (χ4n) is 4.15. The van der Waals surface area contributed by atoms with Gasteiger partial charge >= 0.3 is 0 Å². The number of hydrogen-bond acceptors (Lipinski definition) is 3. The van der Waals surface area contributed by atoms with Crippen molar-refractivity contribution >= 4 is 18.3 Å². The van der Waals surface area contributed by atoms with E-state index in [1.54, 1.807) is 6.07 Å². The van der Waals surface area contributed by atoms with Crippen LogP contribution in [-0.2, 0) is 11.3 Å². The molecule has 0 aromatic carbocycles. The van der Waals surface area contributed by atoms with Crippen LogP contribution in [0.15, 0.2) is 18.3 Å². The Morgan fingerprint density at radius 2 is 2.08 bits per heavy atom. The van der Waals surface area contributed by atoms with Crippen molar-refractivity contribution in [1.29, 1.82) is 5.26 Å². The molecule has 2 N–H and O–H groups in total. The molecule has 3 atom stereocenters. The number of aryl methyl sites for hydroxylation is 1. The average molecular weight is 351 g/mol. The Kier molecular flexibility index (Phi) is 6.70. The van der Waals surface area contributed by atoms with Gasteiger partial charge in [0.1, 0.15) is 11.8 Å². The fourth-order valence-corrected chi connectivity index (χ4v) is 4.15. The molecule has 6 heteroatoms. The zero-order chi connectivity index (χ0) is 16.2. The molecule has 0 spiro atoms. The minimum absolute atomic E-state index is 0. The van der Waals surface area contributed by atoms with Crippen molar-refractivity contribution in [3.8, 4) is 6.07 Å². The maximum atomic E-state index is 12.6. The molecule has 1 saturated heterocycles. The third-order valence-electron chi connectivity index (χ3n) is 5.55. The topological polar surface area (TPSA) is 75.0 Å². The van der Waals surface area contributed by atoms with Crippen LogP contribution in [0.3, 0.4) is 0 Å². The van der Waals surface area contributed by atoms with Crippen molar-refractivity contribution in [3.05, 3.63) is 24.0 Å². The zero-order valence-electron chi connectivity index (χ0n) is 14.1. The number of fused-ring (bicyclic) bond motifs is 1. The van der Waals surface area contributed by atoms with E-state index in [4.69, 9.17) is 11.0 Å². The molecule has 3 rings (SSSR count). The predicted molar refractivity (Wildman–Crippen MR) is 95.6 cm³/mol. The average Bonchev–Trinajstić information content (AvgIpc) is 3.06. The van der Waals surface area contributed by atoms with Crippen molar-refractivity contribution in [2.24, 2.45) is 17.6 Å². The second-order valence-corrected chi connectivity index (χ2v) is 6.97. The summed E-state index contributed by atoms with van der Waals surface area (Å²) in [6.45, 7) is 2.37. The zero-order valence-corrected chi connectivity index (χ0v) is 14.9. The Hall–Kier alpha value is -1.51. The summed E-state index contributed by atoms with van der Waals surface area (Å²) in [7, 11) is 0. The molecule has 1 amide bonds. The van der Waals surface area contributed by atoms with Crippen molar-refractivity contribution in [2.75, 3.05) is 13.1 Å². The minimum atomic E-state index is -0.468. The number of nitriles is 1. The van der Waals surface area contributed by atoms with Crippen LogP contribution < -0.4 is 5.73 Å². The van der Waals surface area contributed by atoms with Gasteiger partial charge in [-0.25, -0.2) is 0 Å². The van der Waals surface area contributed by atoms with E-state index >= 15 is 0 Å². The van der Waals surface area contributed by atoms with Gasteiger partial charge in [-0.15, -0.1) is 12.4 Å². The predicted octanol–water partition coefficient (Wildman–Crippen LogP) is 2.54. The highest BCUT2D eigenvalue weighted by Crippen LogP contribution is 2.36. The summed E-state index contributed by atoms with van der Waals surface area (Å²) >= 11 is 0. The van der Waals surface area contributed by atoms with Gasteiger partial charge in [-0.2, -0.15) is 5.26 Å². The van der Waals surface area contributed by atoms with E-state index in [9.17, 15) is 4.79 Å². The highest BCUT2D eigenvalue weighted by Gasteiger charge is 2.34. The van der Waals surface area contributed by atoms with Crippen molar-refractivity contribution in [2.45, 2.75) is 51.1 Å². The van der Waals surface area contributed by atoms with E-state index in [0.29, 0.717) is 24.6 Å². The van der Waals surface area contributed by atoms with E-state index in [2.05, 4.69) is 6.07 Å². The molecule has 5 nitrogen and oxygen atoms in total. The lowest BCUT2D eigenvalue weighted by Gasteiger charge is -2.42. The largest absolute Gasteiger partial charge is 0.341 e. The monoisotopic (exact) mass is 350 g/mol. The first-order valence-corrected chi connectivity index (χ1v) is 8.78. The number of nitrogens with zero attached hydrogens (tertiary/aromatic N) is 3. The summed E-state index contributed by atoms with van der Waals surface area (Å²) in [5.74, 6) is 1.59. The van der Waals surface area contributed by atoms with Crippen molar-refractivity contribution < 1.29 is 4.79 Å². The standard InChI is InChI=1S/C18H26N4O.ClH/c19-12-16-6-3-9-21(16)11-8-17(20)18(23)22-10-7-14-4-1-2-5-15(14)13-22;/h3,6,9,14-15,17H,1-2,4-5,7-8,10-11,13,20H2;1H/t14-,15-,17?;/m1./s1. The maximum Gasteiger partial charge on any atom is 0.239 e. The molecule has 1 aliphatic heterocycles. The van der Waals surface area contributed by atoms with Gasteiger partial charge in [0.25, 0.3) is 0 Å². The normalized spacial score (nSPS) is 24.4. The third kappa shape index (κ3) is 4.12. The van der Waals surface area contributed by atoms with Gasteiger partial charge in [0.15, 0.2) is 0 Å². The fraction of sp³-hybridized carbons (Fsp3) is 0.667. The van der Waals surface area contributed by atoms with E-state index in [0.717, 1.165) is 25.4 Å². The number of aromatic nitrogens is 1. The van der Waals surface area contributed by atoms with Gasteiger partial charge < -0.3 is 15.2 Å². The molecular weight excluding hydrogens is 324 g/mol. The molecule has 1 aromatic heterocycles. The summed E-state index contributed by atoms with van der Waals surface area (Å²) in [4.78, 5) is 14.6. The van der Waals surface area contributed by atoms with Gasteiger partial charge in [0, 0.05) is 25.8 Å². The Bertz CT molecular complexity index is 594. The maximum absolute atomic E-state index is 12.6. The Balaban J connectivity index is 0.00000208. The Labute approximate surface area is 150 Å². The number of likely N-dealkylation sites (tertiary alicyclic amines) is 1. The lowest BCUT2D eigenvalue weighted by atomic mass is 9.75. The lowest BCUT2D eigenvalue weighted by Crippen LogP contribution is -2.50. The number of halogens is 1. The number of rotatable bonds is 4. The number of amides is 1. The molecule has 1 saturated carbocycles. The second kappa shape index (κ2) is 8.55. The van der Waals surface area contributed by atoms with Gasteiger partial charge in [0.2, 0.25) is 5.91 Å². The van der Waals surface area contributed by atoms with Crippen LogP contribution in [0.25, 0.3) is 0 Å². The smallest absolute Gasteiger partial charge is 0.239 e. The van der Waals surface area contributed by atoms with Gasteiger partial charge in [-0.05, 0) is 43.2 Å². The molecule has 24 heavy (non-hydrogen) atoms. The van der Waals surface area contributed by atoms with E-state index in [1.807, 2.05) is 21.7 Å². The Morgan fingerprint density at radius 3 is 2.83 bits per heavy atom. The summed E-state index contributed by atoms with van der Waals surface area (Å²) < 4.78 is 1.86. The quantitative estimate of drug-likeness (QED) is 0.906. The SMILES string of the molecule is Cl.N#Cc1cccn1CCC(N)C(=O)N1CC[C@H]2CCCC[C@@H]2C1. The summed E-state index contributed by atoms with van der Waals surface area (Å²) in [6.07, 6.45) is 8.84. The highest BCUT2D eigenvalue weighted by molar-refractivity contribution is 5.85. The third-order valence-corrected chi connectivity index (χ3v) is 5.55. The highest BCUT2D eigenvalue weighted by atomic mass is 35.5. The summed E-state index contributed by atoms with van der Waals surface area (Å²) in [6, 6.07) is 5.31. The van der Waals surface area contributed by atoms with Crippen LogP contribution >= 0.6 is 12.4 Å². The number of hydrogen-bond donors (Lipinski definition) is 1.